The normalized spacial score (nSPS) is 21.4. The van der Waals surface area contributed by atoms with E-state index in [9.17, 15) is 0 Å². The van der Waals surface area contributed by atoms with Crippen LogP contribution >= 0.6 is 0 Å². The Bertz CT molecular complexity index is 534. The SMILES string of the molecule is CN(c1ccccc1)C1CCC(CCc2ccccc2)C1. The van der Waals surface area contributed by atoms with Gasteiger partial charge in [-0.05, 0) is 55.7 Å². The average Bonchev–Trinajstić information content (AvgIpc) is 3.03. The Morgan fingerprint density at radius 1 is 0.905 bits per heavy atom. The highest BCUT2D eigenvalue weighted by Gasteiger charge is 2.27. The standard InChI is InChI=1S/C20H25N/c1-21(19-10-6-3-7-11-19)20-15-14-18(16-20)13-12-17-8-4-2-5-9-17/h2-11,18,20H,12-16H2,1H3. The Labute approximate surface area is 128 Å². The van der Waals surface area contributed by atoms with Gasteiger partial charge in [-0.3, -0.25) is 0 Å². The van der Waals surface area contributed by atoms with Gasteiger partial charge in [-0.2, -0.15) is 0 Å². The van der Waals surface area contributed by atoms with Crippen LogP contribution in [0.3, 0.4) is 0 Å². The van der Waals surface area contributed by atoms with Crippen LogP contribution in [0.2, 0.25) is 0 Å². The second kappa shape index (κ2) is 6.80. The predicted octanol–water partition coefficient (Wildman–Crippen LogP) is 4.92. The molecule has 2 aromatic rings. The Balaban J connectivity index is 1.51. The van der Waals surface area contributed by atoms with Gasteiger partial charge in [0.15, 0.2) is 0 Å². The quantitative estimate of drug-likeness (QED) is 0.750. The third kappa shape index (κ3) is 3.66. The van der Waals surface area contributed by atoms with Crippen molar-refractivity contribution in [2.24, 2.45) is 5.92 Å². The third-order valence-electron chi connectivity index (χ3n) is 4.91. The molecule has 0 aliphatic heterocycles. The van der Waals surface area contributed by atoms with Crippen LogP contribution in [-0.4, -0.2) is 13.1 Å². The second-order valence-electron chi connectivity index (χ2n) is 6.30. The van der Waals surface area contributed by atoms with Crippen molar-refractivity contribution in [3.05, 3.63) is 66.2 Å². The van der Waals surface area contributed by atoms with E-state index >= 15 is 0 Å². The molecule has 2 aromatic carbocycles. The molecule has 0 bridgehead atoms. The molecule has 110 valence electrons. The fraction of sp³-hybridized carbons (Fsp3) is 0.400. The second-order valence-corrected chi connectivity index (χ2v) is 6.30. The van der Waals surface area contributed by atoms with Gasteiger partial charge in [0.25, 0.3) is 0 Å². The number of hydrogen-bond donors (Lipinski definition) is 0. The first kappa shape index (κ1) is 14.2. The lowest BCUT2D eigenvalue weighted by Gasteiger charge is -2.27. The fourth-order valence-electron chi connectivity index (χ4n) is 3.55. The zero-order chi connectivity index (χ0) is 14.5. The molecular formula is C20H25N. The van der Waals surface area contributed by atoms with E-state index in [1.54, 1.807) is 0 Å². The highest BCUT2D eigenvalue weighted by molar-refractivity contribution is 5.46. The topological polar surface area (TPSA) is 3.24 Å². The summed E-state index contributed by atoms with van der Waals surface area (Å²) in [7, 11) is 2.25. The maximum Gasteiger partial charge on any atom is 0.0366 e. The molecule has 1 aliphatic carbocycles. The molecule has 1 fully saturated rings. The molecular weight excluding hydrogens is 254 g/mol. The molecule has 1 aliphatic rings. The smallest absolute Gasteiger partial charge is 0.0366 e. The lowest BCUT2D eigenvalue weighted by atomic mass is 9.98. The van der Waals surface area contributed by atoms with Crippen molar-refractivity contribution in [1.82, 2.24) is 0 Å². The van der Waals surface area contributed by atoms with Gasteiger partial charge in [0.05, 0.1) is 0 Å². The molecule has 0 amide bonds. The van der Waals surface area contributed by atoms with E-state index in [2.05, 4.69) is 72.6 Å². The van der Waals surface area contributed by atoms with Crippen molar-refractivity contribution in [1.29, 1.82) is 0 Å². The van der Waals surface area contributed by atoms with Gasteiger partial charge in [0, 0.05) is 18.8 Å². The van der Waals surface area contributed by atoms with Crippen LogP contribution in [0.1, 0.15) is 31.2 Å². The summed E-state index contributed by atoms with van der Waals surface area (Å²) >= 11 is 0. The van der Waals surface area contributed by atoms with E-state index < -0.39 is 0 Å². The molecule has 1 heteroatoms. The number of rotatable bonds is 5. The van der Waals surface area contributed by atoms with Gasteiger partial charge in [-0.1, -0.05) is 48.5 Å². The number of benzene rings is 2. The van der Waals surface area contributed by atoms with Gasteiger partial charge in [0.2, 0.25) is 0 Å². The third-order valence-corrected chi connectivity index (χ3v) is 4.91. The predicted molar refractivity (Wildman–Crippen MR) is 90.7 cm³/mol. The van der Waals surface area contributed by atoms with Crippen LogP contribution in [0.15, 0.2) is 60.7 Å². The van der Waals surface area contributed by atoms with E-state index in [0.717, 1.165) is 5.92 Å². The molecule has 21 heavy (non-hydrogen) atoms. The van der Waals surface area contributed by atoms with E-state index in [4.69, 9.17) is 0 Å². The largest absolute Gasteiger partial charge is 0.372 e. The van der Waals surface area contributed by atoms with E-state index in [1.165, 1.54) is 43.4 Å². The maximum absolute atomic E-state index is 2.47. The zero-order valence-corrected chi connectivity index (χ0v) is 12.9. The molecule has 0 aromatic heterocycles. The summed E-state index contributed by atoms with van der Waals surface area (Å²) in [5, 5.41) is 0. The average molecular weight is 279 g/mol. The fourth-order valence-corrected chi connectivity index (χ4v) is 3.55. The van der Waals surface area contributed by atoms with Gasteiger partial charge >= 0.3 is 0 Å². The molecule has 1 nitrogen and oxygen atoms in total. The number of hydrogen-bond acceptors (Lipinski definition) is 1. The number of aryl methyl sites for hydroxylation is 1. The molecule has 3 rings (SSSR count). The number of anilines is 1. The van der Waals surface area contributed by atoms with Crippen LogP contribution < -0.4 is 4.90 Å². The summed E-state index contributed by atoms with van der Waals surface area (Å²) in [4.78, 5) is 2.47. The Kier molecular flexibility index (Phi) is 4.59. The molecule has 1 saturated carbocycles. The first-order chi connectivity index (χ1) is 10.3. The van der Waals surface area contributed by atoms with Crippen LogP contribution in [-0.2, 0) is 6.42 Å². The molecule has 2 unspecified atom stereocenters. The van der Waals surface area contributed by atoms with Crippen LogP contribution in [0, 0.1) is 5.92 Å². The summed E-state index contributed by atoms with van der Waals surface area (Å²) < 4.78 is 0. The Hall–Kier alpha value is -1.76. The summed E-state index contributed by atoms with van der Waals surface area (Å²) in [6, 6.07) is 22.4. The van der Waals surface area contributed by atoms with Gasteiger partial charge < -0.3 is 4.90 Å². The first-order valence-electron chi connectivity index (χ1n) is 8.15. The van der Waals surface area contributed by atoms with Crippen molar-refractivity contribution in [2.45, 2.75) is 38.1 Å². The summed E-state index contributed by atoms with van der Waals surface area (Å²) in [5.74, 6) is 0.890. The first-order valence-corrected chi connectivity index (χ1v) is 8.15. The van der Waals surface area contributed by atoms with Crippen molar-refractivity contribution in [2.75, 3.05) is 11.9 Å². The van der Waals surface area contributed by atoms with E-state index in [-0.39, 0.29) is 0 Å². The summed E-state index contributed by atoms with van der Waals surface area (Å²) in [5.41, 5.74) is 2.84. The summed E-state index contributed by atoms with van der Waals surface area (Å²) in [6.07, 6.45) is 6.63. The van der Waals surface area contributed by atoms with E-state index in [1.807, 2.05) is 0 Å². The molecule has 0 N–H and O–H groups in total. The molecule has 0 saturated heterocycles. The van der Waals surface area contributed by atoms with Gasteiger partial charge in [-0.25, -0.2) is 0 Å². The number of nitrogens with zero attached hydrogens (tertiary/aromatic N) is 1. The monoisotopic (exact) mass is 279 g/mol. The van der Waals surface area contributed by atoms with Gasteiger partial charge in [0.1, 0.15) is 0 Å². The van der Waals surface area contributed by atoms with Crippen molar-refractivity contribution in [3.8, 4) is 0 Å². The zero-order valence-electron chi connectivity index (χ0n) is 12.9. The van der Waals surface area contributed by atoms with Crippen LogP contribution in [0.4, 0.5) is 5.69 Å². The molecule has 0 heterocycles. The minimum atomic E-state index is 0.716. The highest BCUT2D eigenvalue weighted by Crippen LogP contribution is 2.33. The van der Waals surface area contributed by atoms with Crippen molar-refractivity contribution in [3.63, 3.8) is 0 Å². The molecule has 0 spiro atoms. The minimum Gasteiger partial charge on any atom is -0.372 e. The van der Waals surface area contributed by atoms with Crippen LogP contribution in [0.5, 0.6) is 0 Å². The Morgan fingerprint density at radius 2 is 1.57 bits per heavy atom. The molecule has 0 radical (unpaired) electrons. The van der Waals surface area contributed by atoms with Gasteiger partial charge in [-0.15, -0.1) is 0 Å². The lowest BCUT2D eigenvalue weighted by Crippen LogP contribution is -2.29. The van der Waals surface area contributed by atoms with E-state index in [0.29, 0.717) is 6.04 Å². The minimum absolute atomic E-state index is 0.716. The number of para-hydroxylation sites is 1. The van der Waals surface area contributed by atoms with Crippen molar-refractivity contribution < 1.29 is 0 Å². The highest BCUT2D eigenvalue weighted by atomic mass is 15.1. The summed E-state index contributed by atoms with van der Waals surface area (Å²) in [6.45, 7) is 0. The maximum atomic E-state index is 2.47. The molecule has 2 atom stereocenters. The van der Waals surface area contributed by atoms with Crippen LogP contribution in [0.25, 0.3) is 0 Å². The Morgan fingerprint density at radius 3 is 2.29 bits per heavy atom. The van der Waals surface area contributed by atoms with Crippen molar-refractivity contribution >= 4 is 5.69 Å². The lowest BCUT2D eigenvalue weighted by molar-refractivity contribution is 0.492.